The molecule has 18 heavy (non-hydrogen) atoms. The summed E-state index contributed by atoms with van der Waals surface area (Å²) >= 11 is 1.50. The first kappa shape index (κ1) is 12.9. The van der Waals surface area contributed by atoms with E-state index in [0.717, 1.165) is 16.2 Å². The van der Waals surface area contributed by atoms with Crippen LogP contribution in [-0.4, -0.2) is 17.9 Å². The van der Waals surface area contributed by atoms with E-state index in [1.165, 1.54) is 11.3 Å². The number of thiophene rings is 1. The summed E-state index contributed by atoms with van der Waals surface area (Å²) in [5.41, 5.74) is 6.95. The molecule has 2 aromatic heterocycles. The van der Waals surface area contributed by atoms with E-state index >= 15 is 0 Å². The lowest BCUT2D eigenvalue weighted by Gasteiger charge is -2.20. The van der Waals surface area contributed by atoms with Crippen molar-refractivity contribution in [2.75, 3.05) is 7.05 Å². The average Bonchev–Trinajstić information content (AvgIpc) is 3.00. The lowest BCUT2D eigenvalue weighted by molar-refractivity contribution is -0.131. The fraction of sp³-hybridized carbons (Fsp3) is 0.308. The van der Waals surface area contributed by atoms with E-state index in [9.17, 15) is 4.79 Å². The van der Waals surface area contributed by atoms with Crippen molar-refractivity contribution < 1.29 is 9.21 Å². The van der Waals surface area contributed by atoms with Crippen LogP contribution >= 0.6 is 11.3 Å². The minimum absolute atomic E-state index is 0.0851. The van der Waals surface area contributed by atoms with Gasteiger partial charge in [-0.3, -0.25) is 4.79 Å². The van der Waals surface area contributed by atoms with Crippen LogP contribution in [0.3, 0.4) is 0 Å². The van der Waals surface area contributed by atoms with E-state index in [0.29, 0.717) is 6.54 Å². The second-order valence-electron chi connectivity index (χ2n) is 4.19. The van der Waals surface area contributed by atoms with Crippen LogP contribution in [0.2, 0.25) is 0 Å². The lowest BCUT2D eigenvalue weighted by atomic mass is 10.2. The largest absolute Gasteiger partial charge is 0.469 e. The molecule has 0 saturated heterocycles. The summed E-state index contributed by atoms with van der Waals surface area (Å²) in [5.74, 6) is 0.748. The number of likely N-dealkylation sites (N-methyl/N-ethyl adjacent to an activating group) is 1. The van der Waals surface area contributed by atoms with Crippen molar-refractivity contribution in [1.29, 1.82) is 0 Å². The summed E-state index contributed by atoms with van der Waals surface area (Å²) in [4.78, 5) is 14.7. The molecule has 1 atom stereocenters. The second-order valence-corrected chi connectivity index (χ2v) is 5.17. The van der Waals surface area contributed by atoms with Gasteiger partial charge in [0.1, 0.15) is 11.8 Å². The summed E-state index contributed by atoms with van der Waals surface area (Å²) in [5, 5.41) is 1.92. The molecule has 0 radical (unpaired) electrons. The number of carbonyl (C=O) groups is 1. The number of rotatable bonds is 4. The van der Waals surface area contributed by atoms with Gasteiger partial charge in [0, 0.05) is 24.0 Å². The molecule has 4 nitrogen and oxygen atoms in total. The molecule has 1 amide bonds. The third-order valence-corrected chi connectivity index (χ3v) is 3.82. The molecular formula is C13H16N2O2S. The number of nitrogens with zero attached hydrogens (tertiary/aromatic N) is 1. The highest BCUT2D eigenvalue weighted by Crippen LogP contribution is 2.20. The highest BCUT2D eigenvalue weighted by atomic mass is 32.1. The van der Waals surface area contributed by atoms with Gasteiger partial charge in [-0.25, -0.2) is 0 Å². The van der Waals surface area contributed by atoms with Crippen LogP contribution < -0.4 is 5.73 Å². The summed E-state index contributed by atoms with van der Waals surface area (Å²) in [6.07, 6.45) is 1.63. The molecule has 2 heterocycles. The first-order valence-electron chi connectivity index (χ1n) is 5.66. The molecule has 5 heteroatoms. The zero-order valence-corrected chi connectivity index (χ0v) is 11.2. The van der Waals surface area contributed by atoms with Crippen LogP contribution in [0.5, 0.6) is 0 Å². The average molecular weight is 264 g/mol. The van der Waals surface area contributed by atoms with Crippen LogP contribution in [-0.2, 0) is 11.3 Å². The quantitative estimate of drug-likeness (QED) is 0.921. The summed E-state index contributed by atoms with van der Waals surface area (Å²) in [7, 11) is 1.75. The van der Waals surface area contributed by atoms with Gasteiger partial charge in [-0.2, -0.15) is 0 Å². The normalized spacial score (nSPS) is 12.4. The first-order chi connectivity index (χ1) is 8.59. The van der Waals surface area contributed by atoms with Gasteiger partial charge in [0.25, 0.3) is 0 Å². The summed E-state index contributed by atoms with van der Waals surface area (Å²) < 4.78 is 5.21. The highest BCUT2D eigenvalue weighted by Gasteiger charge is 2.21. The zero-order valence-electron chi connectivity index (χ0n) is 10.4. The molecule has 0 aliphatic heterocycles. The number of hydrogen-bond acceptors (Lipinski definition) is 4. The van der Waals surface area contributed by atoms with Gasteiger partial charge in [-0.15, -0.1) is 11.3 Å². The van der Waals surface area contributed by atoms with E-state index in [2.05, 4.69) is 0 Å². The third kappa shape index (κ3) is 2.63. The van der Waals surface area contributed by atoms with Crippen LogP contribution in [0.15, 0.2) is 34.3 Å². The Balaban J connectivity index is 2.03. The number of nitrogens with two attached hydrogens (primary N) is 1. The molecule has 0 aliphatic rings. The first-order valence-corrected chi connectivity index (χ1v) is 6.54. The maximum Gasteiger partial charge on any atom is 0.244 e. The predicted molar refractivity (Wildman–Crippen MR) is 71.2 cm³/mol. The Morgan fingerprint density at radius 3 is 2.89 bits per heavy atom. The second kappa shape index (κ2) is 5.37. The fourth-order valence-electron chi connectivity index (χ4n) is 1.74. The molecule has 0 aliphatic carbocycles. The molecule has 0 bridgehead atoms. The highest BCUT2D eigenvalue weighted by molar-refractivity contribution is 7.10. The number of aryl methyl sites for hydroxylation is 1. The SMILES string of the molecule is Cc1occc1CN(C)C(=O)C(N)c1cccs1. The Bertz CT molecular complexity index is 519. The predicted octanol–water partition coefficient (Wildman–Crippen LogP) is 2.31. The minimum atomic E-state index is -0.581. The number of furan rings is 1. The lowest BCUT2D eigenvalue weighted by Crippen LogP contribution is -2.35. The molecule has 2 rings (SSSR count). The minimum Gasteiger partial charge on any atom is -0.469 e. The maximum absolute atomic E-state index is 12.2. The van der Waals surface area contributed by atoms with Gasteiger partial charge >= 0.3 is 0 Å². The van der Waals surface area contributed by atoms with Crippen molar-refractivity contribution >= 4 is 17.2 Å². The van der Waals surface area contributed by atoms with E-state index < -0.39 is 6.04 Å². The molecule has 0 saturated carbocycles. The van der Waals surface area contributed by atoms with Crippen molar-refractivity contribution in [1.82, 2.24) is 4.90 Å². The molecule has 2 aromatic rings. The molecule has 0 fully saturated rings. The van der Waals surface area contributed by atoms with Crippen molar-refractivity contribution in [2.24, 2.45) is 5.73 Å². The molecule has 0 aromatic carbocycles. The van der Waals surface area contributed by atoms with E-state index in [1.54, 1.807) is 18.2 Å². The fourth-order valence-corrected chi connectivity index (χ4v) is 2.45. The Hall–Kier alpha value is -1.59. The number of carbonyl (C=O) groups excluding carboxylic acids is 1. The Morgan fingerprint density at radius 2 is 2.33 bits per heavy atom. The standard InChI is InChI=1S/C13H16N2O2S/c1-9-10(5-6-17-9)8-15(2)13(16)12(14)11-4-3-7-18-11/h3-7,12H,8,14H2,1-2H3. The molecule has 2 N–H and O–H groups in total. The van der Waals surface area contributed by atoms with Crippen LogP contribution in [0.25, 0.3) is 0 Å². The van der Waals surface area contributed by atoms with Gasteiger partial charge in [-0.1, -0.05) is 6.07 Å². The number of amides is 1. The Labute approximate surface area is 110 Å². The zero-order chi connectivity index (χ0) is 13.1. The Morgan fingerprint density at radius 1 is 1.56 bits per heavy atom. The van der Waals surface area contributed by atoms with E-state index in [-0.39, 0.29) is 5.91 Å². The van der Waals surface area contributed by atoms with Crippen molar-refractivity contribution in [2.45, 2.75) is 19.5 Å². The monoisotopic (exact) mass is 264 g/mol. The number of hydrogen-bond donors (Lipinski definition) is 1. The van der Waals surface area contributed by atoms with Crippen LogP contribution in [0, 0.1) is 6.92 Å². The van der Waals surface area contributed by atoms with E-state index in [4.69, 9.17) is 10.2 Å². The molecular weight excluding hydrogens is 248 g/mol. The summed E-state index contributed by atoms with van der Waals surface area (Å²) in [6.45, 7) is 2.40. The van der Waals surface area contributed by atoms with Crippen molar-refractivity contribution in [3.05, 3.63) is 46.0 Å². The maximum atomic E-state index is 12.2. The van der Waals surface area contributed by atoms with Crippen LogP contribution in [0.4, 0.5) is 0 Å². The van der Waals surface area contributed by atoms with E-state index in [1.807, 2.05) is 30.5 Å². The van der Waals surface area contributed by atoms with Crippen LogP contribution in [0.1, 0.15) is 22.2 Å². The molecule has 0 spiro atoms. The van der Waals surface area contributed by atoms with Gasteiger partial charge in [0.15, 0.2) is 0 Å². The Kier molecular flexibility index (Phi) is 3.84. The van der Waals surface area contributed by atoms with Gasteiger partial charge in [0.2, 0.25) is 5.91 Å². The van der Waals surface area contributed by atoms with Gasteiger partial charge in [0.05, 0.1) is 6.26 Å². The summed E-state index contributed by atoms with van der Waals surface area (Å²) in [6, 6.07) is 5.06. The molecule has 96 valence electrons. The molecule has 1 unspecified atom stereocenters. The smallest absolute Gasteiger partial charge is 0.244 e. The third-order valence-electron chi connectivity index (χ3n) is 2.87. The van der Waals surface area contributed by atoms with Gasteiger partial charge in [-0.05, 0) is 24.4 Å². The van der Waals surface area contributed by atoms with Crippen molar-refractivity contribution in [3.8, 4) is 0 Å². The topological polar surface area (TPSA) is 59.5 Å². The van der Waals surface area contributed by atoms with Crippen molar-refractivity contribution in [3.63, 3.8) is 0 Å². The van der Waals surface area contributed by atoms with Gasteiger partial charge < -0.3 is 15.1 Å².